The van der Waals surface area contributed by atoms with Crippen molar-refractivity contribution in [2.24, 2.45) is 5.92 Å². The lowest BCUT2D eigenvalue weighted by molar-refractivity contribution is -0.127. The minimum absolute atomic E-state index is 0.00428. The summed E-state index contributed by atoms with van der Waals surface area (Å²) in [6.45, 7) is 11.1. The zero-order valence-corrected chi connectivity index (χ0v) is 14.4. The van der Waals surface area contributed by atoms with Gasteiger partial charge in [0.2, 0.25) is 5.91 Å². The topological polar surface area (TPSA) is 41.6 Å². The second-order valence-electron chi connectivity index (χ2n) is 6.83. The van der Waals surface area contributed by atoms with Crippen molar-refractivity contribution in [2.45, 2.75) is 39.7 Å². The summed E-state index contributed by atoms with van der Waals surface area (Å²) in [6.07, 6.45) is 1.25. The van der Waals surface area contributed by atoms with Crippen LogP contribution in [0, 0.1) is 12.8 Å². The normalized spacial score (nSPS) is 16.8. The fourth-order valence-electron chi connectivity index (χ4n) is 2.95. The zero-order valence-electron chi connectivity index (χ0n) is 14.4. The van der Waals surface area contributed by atoms with E-state index in [0.29, 0.717) is 0 Å². The average molecular weight is 304 g/mol. The minimum Gasteiger partial charge on any atom is -0.496 e. The fourth-order valence-corrected chi connectivity index (χ4v) is 2.95. The SMILES string of the molecule is COc1c(C)cccc1C(C)(C)NC(=O)C(C)CN1CCC1. The van der Waals surface area contributed by atoms with E-state index in [9.17, 15) is 4.79 Å². The summed E-state index contributed by atoms with van der Waals surface area (Å²) in [6, 6.07) is 6.05. The number of aryl methyl sites for hydroxylation is 1. The second kappa shape index (κ2) is 6.69. The predicted octanol–water partition coefficient (Wildman–Crippen LogP) is 2.70. The van der Waals surface area contributed by atoms with E-state index in [4.69, 9.17) is 4.74 Å². The van der Waals surface area contributed by atoms with Crippen molar-refractivity contribution in [1.82, 2.24) is 10.2 Å². The van der Waals surface area contributed by atoms with Crippen molar-refractivity contribution < 1.29 is 9.53 Å². The van der Waals surface area contributed by atoms with Crippen LogP contribution >= 0.6 is 0 Å². The van der Waals surface area contributed by atoms with Crippen LogP contribution in [-0.2, 0) is 10.3 Å². The van der Waals surface area contributed by atoms with Gasteiger partial charge in [0.25, 0.3) is 0 Å². The highest BCUT2D eigenvalue weighted by Gasteiger charge is 2.29. The maximum Gasteiger partial charge on any atom is 0.224 e. The first-order chi connectivity index (χ1) is 10.3. The second-order valence-corrected chi connectivity index (χ2v) is 6.83. The molecule has 1 aromatic carbocycles. The number of ether oxygens (including phenoxy) is 1. The Hall–Kier alpha value is -1.55. The smallest absolute Gasteiger partial charge is 0.224 e. The Balaban J connectivity index is 2.09. The Bertz CT molecular complexity index is 536. The van der Waals surface area contributed by atoms with Gasteiger partial charge >= 0.3 is 0 Å². The molecule has 0 saturated carbocycles. The molecule has 1 aliphatic heterocycles. The van der Waals surface area contributed by atoms with Crippen LogP contribution in [0.1, 0.15) is 38.3 Å². The minimum atomic E-state index is -0.461. The molecule has 0 bridgehead atoms. The molecular weight excluding hydrogens is 276 g/mol. The van der Waals surface area contributed by atoms with Crippen molar-refractivity contribution in [2.75, 3.05) is 26.7 Å². The molecule has 1 unspecified atom stereocenters. The summed E-state index contributed by atoms with van der Waals surface area (Å²) in [5, 5.41) is 3.18. The number of hydrogen-bond acceptors (Lipinski definition) is 3. The molecule has 1 aliphatic rings. The first-order valence-electron chi connectivity index (χ1n) is 8.03. The van der Waals surface area contributed by atoms with Gasteiger partial charge in [0, 0.05) is 18.0 Å². The number of carbonyl (C=O) groups excluding carboxylic acids is 1. The van der Waals surface area contributed by atoms with E-state index in [-0.39, 0.29) is 11.8 Å². The Morgan fingerprint density at radius 2 is 2.09 bits per heavy atom. The third kappa shape index (κ3) is 3.61. The lowest BCUT2D eigenvalue weighted by atomic mass is 9.91. The molecule has 1 N–H and O–H groups in total. The number of rotatable bonds is 6. The van der Waals surface area contributed by atoms with Gasteiger partial charge in [0.05, 0.1) is 12.6 Å². The highest BCUT2D eigenvalue weighted by atomic mass is 16.5. The van der Waals surface area contributed by atoms with Gasteiger partial charge in [-0.05, 0) is 45.8 Å². The number of para-hydroxylation sites is 1. The van der Waals surface area contributed by atoms with Gasteiger partial charge in [0.1, 0.15) is 5.75 Å². The lowest BCUT2D eigenvalue weighted by Crippen LogP contribution is -2.48. The molecule has 1 saturated heterocycles. The maximum absolute atomic E-state index is 12.5. The van der Waals surface area contributed by atoms with E-state index >= 15 is 0 Å². The molecule has 0 spiro atoms. The first-order valence-corrected chi connectivity index (χ1v) is 8.03. The highest BCUT2D eigenvalue weighted by Crippen LogP contribution is 2.32. The van der Waals surface area contributed by atoms with Crippen molar-refractivity contribution >= 4 is 5.91 Å². The van der Waals surface area contributed by atoms with Gasteiger partial charge in [-0.3, -0.25) is 4.79 Å². The van der Waals surface area contributed by atoms with E-state index in [0.717, 1.165) is 36.5 Å². The van der Waals surface area contributed by atoms with E-state index in [1.54, 1.807) is 7.11 Å². The van der Waals surface area contributed by atoms with Crippen LogP contribution in [-0.4, -0.2) is 37.6 Å². The number of nitrogens with zero attached hydrogens (tertiary/aromatic N) is 1. The van der Waals surface area contributed by atoms with E-state index in [1.165, 1.54) is 6.42 Å². The summed E-state index contributed by atoms with van der Waals surface area (Å²) < 4.78 is 5.54. The Kier molecular flexibility index (Phi) is 5.12. The molecular formula is C18H28N2O2. The summed E-state index contributed by atoms with van der Waals surface area (Å²) in [7, 11) is 1.68. The quantitative estimate of drug-likeness (QED) is 0.878. The summed E-state index contributed by atoms with van der Waals surface area (Å²) in [4.78, 5) is 14.8. The molecule has 22 heavy (non-hydrogen) atoms. The number of carbonyl (C=O) groups is 1. The van der Waals surface area contributed by atoms with Gasteiger partial charge < -0.3 is 15.0 Å². The van der Waals surface area contributed by atoms with Gasteiger partial charge in [-0.2, -0.15) is 0 Å². The van der Waals surface area contributed by atoms with Crippen LogP contribution < -0.4 is 10.1 Å². The van der Waals surface area contributed by atoms with Crippen LogP contribution in [0.5, 0.6) is 5.75 Å². The van der Waals surface area contributed by atoms with Crippen molar-refractivity contribution in [1.29, 1.82) is 0 Å². The Labute approximate surface area is 133 Å². The van der Waals surface area contributed by atoms with Crippen LogP contribution in [0.3, 0.4) is 0 Å². The van der Waals surface area contributed by atoms with Crippen LogP contribution in [0.25, 0.3) is 0 Å². The third-order valence-corrected chi connectivity index (χ3v) is 4.45. The summed E-state index contributed by atoms with van der Waals surface area (Å²) in [5.74, 6) is 0.944. The van der Waals surface area contributed by atoms with E-state index < -0.39 is 5.54 Å². The molecule has 4 heteroatoms. The lowest BCUT2D eigenvalue weighted by Gasteiger charge is -2.34. The molecule has 1 atom stereocenters. The molecule has 122 valence electrons. The van der Waals surface area contributed by atoms with E-state index in [1.807, 2.05) is 45.9 Å². The molecule has 1 aromatic rings. The fraction of sp³-hybridized carbons (Fsp3) is 0.611. The number of amides is 1. The predicted molar refractivity (Wildman–Crippen MR) is 89.1 cm³/mol. The molecule has 0 aromatic heterocycles. The standard InChI is InChI=1S/C18H28N2O2/c1-13-8-6-9-15(16(13)22-5)18(3,4)19-17(21)14(2)12-20-10-7-11-20/h6,8-9,14H,7,10-12H2,1-5H3,(H,19,21). The number of likely N-dealkylation sites (tertiary alicyclic amines) is 1. The van der Waals surface area contributed by atoms with Crippen molar-refractivity contribution in [3.05, 3.63) is 29.3 Å². The van der Waals surface area contributed by atoms with E-state index in [2.05, 4.69) is 10.2 Å². The number of methoxy groups -OCH3 is 1. The molecule has 2 rings (SSSR count). The average Bonchev–Trinajstić information content (AvgIpc) is 2.41. The zero-order chi connectivity index (χ0) is 16.3. The number of benzene rings is 1. The van der Waals surface area contributed by atoms with Gasteiger partial charge in [-0.15, -0.1) is 0 Å². The van der Waals surface area contributed by atoms with Gasteiger partial charge in [0.15, 0.2) is 0 Å². The van der Waals surface area contributed by atoms with Crippen molar-refractivity contribution in [3.63, 3.8) is 0 Å². The van der Waals surface area contributed by atoms with Gasteiger partial charge in [-0.1, -0.05) is 25.1 Å². The van der Waals surface area contributed by atoms with Crippen LogP contribution in [0.2, 0.25) is 0 Å². The molecule has 1 fully saturated rings. The summed E-state index contributed by atoms with van der Waals surface area (Å²) in [5.41, 5.74) is 1.63. The molecule has 4 nitrogen and oxygen atoms in total. The Morgan fingerprint density at radius 1 is 1.41 bits per heavy atom. The molecule has 1 amide bonds. The van der Waals surface area contributed by atoms with Crippen molar-refractivity contribution in [3.8, 4) is 5.75 Å². The largest absolute Gasteiger partial charge is 0.496 e. The highest BCUT2D eigenvalue weighted by molar-refractivity contribution is 5.79. The Morgan fingerprint density at radius 3 is 2.64 bits per heavy atom. The van der Waals surface area contributed by atoms with Gasteiger partial charge in [-0.25, -0.2) is 0 Å². The molecule has 0 radical (unpaired) electrons. The first kappa shape index (κ1) is 16.8. The molecule has 1 heterocycles. The van der Waals surface area contributed by atoms with Crippen LogP contribution in [0.4, 0.5) is 0 Å². The number of hydrogen-bond donors (Lipinski definition) is 1. The molecule has 0 aliphatic carbocycles. The maximum atomic E-state index is 12.5. The van der Waals surface area contributed by atoms with Crippen LogP contribution in [0.15, 0.2) is 18.2 Å². The number of nitrogens with one attached hydrogen (secondary N) is 1. The summed E-state index contributed by atoms with van der Waals surface area (Å²) >= 11 is 0. The third-order valence-electron chi connectivity index (χ3n) is 4.45. The monoisotopic (exact) mass is 304 g/mol.